The summed E-state index contributed by atoms with van der Waals surface area (Å²) >= 11 is 0. The number of hydrogen-bond donors (Lipinski definition) is 6. The average Bonchev–Trinajstić information content (AvgIpc) is 3.51. The van der Waals surface area contributed by atoms with Crippen molar-refractivity contribution in [1.82, 2.24) is 10.6 Å². The van der Waals surface area contributed by atoms with Gasteiger partial charge in [-0.3, -0.25) is 5.32 Å². The summed E-state index contributed by atoms with van der Waals surface area (Å²) in [5.74, 6) is 2.17. The first-order valence-corrected chi connectivity index (χ1v) is 23.5. The number of unbranched alkanes of at least 4 members (excludes halogenated alkanes) is 1. The zero-order valence-corrected chi connectivity index (χ0v) is 38.3. The van der Waals surface area contributed by atoms with Gasteiger partial charge in [0.25, 0.3) is 0 Å². The molecule has 0 heterocycles. The molecule has 12 atom stereocenters. The van der Waals surface area contributed by atoms with Gasteiger partial charge in [-0.2, -0.15) is 0 Å². The number of nitrogens with one attached hydrogen (secondary N) is 2. The topological polar surface area (TPSA) is 142 Å². The Kier molecular flexibility index (Phi) is 18.7. The van der Waals surface area contributed by atoms with Crippen LogP contribution in [0.2, 0.25) is 0 Å². The van der Waals surface area contributed by atoms with Gasteiger partial charge in [-0.15, -0.1) is 0 Å². The van der Waals surface area contributed by atoms with Crippen LogP contribution in [0.3, 0.4) is 0 Å². The molecule has 4 saturated carbocycles. The summed E-state index contributed by atoms with van der Waals surface area (Å²) in [6.07, 6.45) is 15.0. The third kappa shape index (κ3) is 13.1. The molecule has 336 valence electrons. The maximum atomic E-state index is 11.6. The van der Waals surface area contributed by atoms with Crippen molar-refractivity contribution in [3.63, 3.8) is 0 Å². The lowest BCUT2D eigenvalue weighted by atomic mass is 9.45. The Morgan fingerprint density at radius 1 is 0.754 bits per heavy atom. The van der Waals surface area contributed by atoms with E-state index in [0.29, 0.717) is 49.7 Å². The molecule has 4 rings (SSSR count). The molecule has 0 amide bonds. The van der Waals surface area contributed by atoms with Gasteiger partial charge >= 0.3 is 0 Å². The quantitative estimate of drug-likeness (QED) is 0.0375. The SMILES string of the molecule is CCC(C)(CC)C(O)C(CCCCNCCCOC(C)(C)COC(C)(C)OC)NC(O)CCCC(O)OC1CCC2C3CCC4CC(O)CCC4(C)C3CCC12C. The molecular weight excluding hydrogens is 721 g/mol. The molecule has 12 unspecified atom stereocenters. The first kappa shape index (κ1) is 49.3. The lowest BCUT2D eigenvalue weighted by Crippen LogP contribution is -2.54. The molecule has 10 nitrogen and oxygen atoms in total. The molecule has 4 aliphatic rings. The number of aliphatic hydroxyl groups excluding tert-OH is 4. The van der Waals surface area contributed by atoms with Gasteiger partial charge < -0.3 is 44.7 Å². The number of rotatable bonds is 26. The molecule has 0 bridgehead atoms. The molecule has 0 radical (unpaired) electrons. The molecule has 10 heteroatoms. The molecule has 4 aliphatic carbocycles. The van der Waals surface area contributed by atoms with Gasteiger partial charge in [-0.25, -0.2) is 0 Å². The largest absolute Gasteiger partial charge is 0.393 e. The number of ether oxygens (including phenoxy) is 4. The molecule has 0 aliphatic heterocycles. The normalized spacial score (nSPS) is 32.9. The number of fused-ring (bicyclic) bond motifs is 5. The lowest BCUT2D eigenvalue weighted by molar-refractivity contribution is -0.225. The van der Waals surface area contributed by atoms with Crippen molar-refractivity contribution in [3.8, 4) is 0 Å². The number of hydrogen-bond acceptors (Lipinski definition) is 10. The predicted molar refractivity (Wildman–Crippen MR) is 228 cm³/mol. The minimum absolute atomic E-state index is 0.0784. The van der Waals surface area contributed by atoms with E-state index in [1.807, 2.05) is 27.7 Å². The van der Waals surface area contributed by atoms with Crippen molar-refractivity contribution in [2.75, 3.05) is 33.4 Å². The predicted octanol–water partition coefficient (Wildman–Crippen LogP) is 8.07. The van der Waals surface area contributed by atoms with Crippen molar-refractivity contribution in [3.05, 3.63) is 0 Å². The van der Waals surface area contributed by atoms with Crippen molar-refractivity contribution in [2.45, 2.75) is 226 Å². The molecule has 0 spiro atoms. The maximum absolute atomic E-state index is 11.6. The summed E-state index contributed by atoms with van der Waals surface area (Å²) in [5.41, 5.74) is -0.154. The van der Waals surface area contributed by atoms with E-state index in [-0.39, 0.29) is 34.7 Å². The van der Waals surface area contributed by atoms with E-state index in [1.165, 1.54) is 32.1 Å². The van der Waals surface area contributed by atoms with Crippen LogP contribution >= 0.6 is 0 Å². The standard InChI is InChI=1S/C47H90N2O8/c1-11-45(7,12-2)42(53)38(17-13-14-28-48-29-16-30-55-43(3,4)32-56-44(5,6)54-10)49-40(51)18-15-19-41(52)57-39-23-22-36-35-21-20-33-31-34(50)24-26-46(33,8)37(35)25-27-47(36,39)9/h33-42,48-53H,11-32H2,1-10H3. The van der Waals surface area contributed by atoms with E-state index >= 15 is 0 Å². The van der Waals surface area contributed by atoms with E-state index in [1.54, 1.807) is 7.11 Å². The smallest absolute Gasteiger partial charge is 0.162 e. The summed E-state index contributed by atoms with van der Waals surface area (Å²) in [6, 6.07) is -0.214. The molecule has 0 aromatic heterocycles. The van der Waals surface area contributed by atoms with Crippen LogP contribution in [-0.2, 0) is 18.9 Å². The van der Waals surface area contributed by atoms with Crippen molar-refractivity contribution < 1.29 is 39.4 Å². The van der Waals surface area contributed by atoms with E-state index in [4.69, 9.17) is 18.9 Å². The van der Waals surface area contributed by atoms with Crippen LogP contribution in [0.1, 0.15) is 178 Å². The van der Waals surface area contributed by atoms with E-state index in [2.05, 4.69) is 45.3 Å². The summed E-state index contributed by atoms with van der Waals surface area (Å²) in [5, 5.41) is 51.2. The van der Waals surface area contributed by atoms with Crippen molar-refractivity contribution in [2.24, 2.45) is 39.9 Å². The second-order valence-corrected chi connectivity index (χ2v) is 20.9. The minimum Gasteiger partial charge on any atom is -0.393 e. The summed E-state index contributed by atoms with van der Waals surface area (Å²) < 4.78 is 23.7. The van der Waals surface area contributed by atoms with Crippen LogP contribution in [0.25, 0.3) is 0 Å². The van der Waals surface area contributed by atoms with Crippen molar-refractivity contribution >= 4 is 0 Å². The highest BCUT2D eigenvalue weighted by Crippen LogP contribution is 2.66. The number of methoxy groups -OCH3 is 1. The van der Waals surface area contributed by atoms with Crippen LogP contribution in [-0.4, -0.2) is 102 Å². The first-order chi connectivity index (χ1) is 26.8. The average molecular weight is 811 g/mol. The Morgan fingerprint density at radius 3 is 2.14 bits per heavy atom. The zero-order chi connectivity index (χ0) is 42.1. The second-order valence-electron chi connectivity index (χ2n) is 20.9. The third-order valence-corrected chi connectivity index (χ3v) is 16.3. The molecule has 57 heavy (non-hydrogen) atoms. The Hall–Kier alpha value is -0.400. The fourth-order valence-corrected chi connectivity index (χ4v) is 11.7. The van der Waals surface area contributed by atoms with Crippen LogP contribution < -0.4 is 10.6 Å². The highest BCUT2D eigenvalue weighted by Gasteiger charge is 2.60. The maximum Gasteiger partial charge on any atom is 0.162 e. The van der Waals surface area contributed by atoms with Gasteiger partial charge in [0.2, 0.25) is 0 Å². The summed E-state index contributed by atoms with van der Waals surface area (Å²) in [7, 11) is 1.64. The molecule has 6 N–H and O–H groups in total. The lowest BCUT2D eigenvalue weighted by Gasteiger charge is -2.60. The third-order valence-electron chi connectivity index (χ3n) is 16.3. The van der Waals surface area contributed by atoms with Gasteiger partial charge in [0, 0.05) is 19.8 Å². The van der Waals surface area contributed by atoms with Gasteiger partial charge in [-0.05, 0) is 190 Å². The van der Waals surface area contributed by atoms with Crippen LogP contribution in [0.5, 0.6) is 0 Å². The van der Waals surface area contributed by atoms with E-state index in [0.717, 1.165) is 89.1 Å². The molecular formula is C47H90N2O8. The minimum atomic E-state index is -0.832. The molecule has 4 fully saturated rings. The fraction of sp³-hybridized carbons (Fsp3) is 1.00. The van der Waals surface area contributed by atoms with Crippen LogP contribution in [0.4, 0.5) is 0 Å². The van der Waals surface area contributed by atoms with Gasteiger partial charge in [-0.1, -0.05) is 41.0 Å². The van der Waals surface area contributed by atoms with E-state index in [9.17, 15) is 20.4 Å². The zero-order valence-electron chi connectivity index (χ0n) is 38.3. The molecule has 0 aromatic carbocycles. The van der Waals surface area contributed by atoms with Gasteiger partial charge in [0.05, 0.1) is 30.5 Å². The molecule has 0 saturated heterocycles. The second kappa shape index (κ2) is 21.6. The monoisotopic (exact) mass is 811 g/mol. The summed E-state index contributed by atoms with van der Waals surface area (Å²) in [6.45, 7) is 22.1. The highest BCUT2D eigenvalue weighted by molar-refractivity contribution is 5.10. The van der Waals surface area contributed by atoms with Crippen LogP contribution in [0, 0.1) is 39.9 Å². The van der Waals surface area contributed by atoms with E-state index < -0.39 is 24.4 Å². The Bertz CT molecular complexity index is 1170. The van der Waals surface area contributed by atoms with Gasteiger partial charge in [0.15, 0.2) is 12.1 Å². The fourth-order valence-electron chi connectivity index (χ4n) is 11.7. The Balaban J connectivity index is 1.16. The number of aliphatic hydroxyl groups is 4. The van der Waals surface area contributed by atoms with Crippen LogP contribution in [0.15, 0.2) is 0 Å². The first-order valence-electron chi connectivity index (χ1n) is 23.5. The highest BCUT2D eigenvalue weighted by atomic mass is 16.7. The molecule has 0 aromatic rings. The van der Waals surface area contributed by atoms with Crippen molar-refractivity contribution in [1.29, 1.82) is 0 Å². The Labute approximate surface area is 348 Å². The Morgan fingerprint density at radius 2 is 1.44 bits per heavy atom. The van der Waals surface area contributed by atoms with Gasteiger partial charge in [0.1, 0.15) is 6.23 Å². The summed E-state index contributed by atoms with van der Waals surface area (Å²) in [4.78, 5) is 0.